The lowest BCUT2D eigenvalue weighted by Gasteiger charge is -2.17. The summed E-state index contributed by atoms with van der Waals surface area (Å²) in [4.78, 5) is 2.41. The number of likely N-dealkylation sites (tertiary alicyclic amines) is 1. The molecule has 0 aliphatic carbocycles. The van der Waals surface area contributed by atoms with E-state index >= 15 is 0 Å². The minimum Gasteiger partial charge on any atom is -0.399 e. The summed E-state index contributed by atoms with van der Waals surface area (Å²) in [6, 6.07) is 7.53. The first-order valence-corrected chi connectivity index (χ1v) is 6.01. The van der Waals surface area contributed by atoms with Crippen LogP contribution in [0.15, 0.2) is 24.3 Å². The van der Waals surface area contributed by atoms with Crippen LogP contribution in [0.2, 0.25) is 0 Å². The zero-order chi connectivity index (χ0) is 11.4. The fourth-order valence-corrected chi connectivity index (χ4v) is 2.24. The highest BCUT2D eigenvalue weighted by Crippen LogP contribution is 2.20. The lowest BCUT2D eigenvalue weighted by atomic mass is 10.1. The van der Waals surface area contributed by atoms with Crippen LogP contribution < -0.4 is 5.73 Å². The molecule has 0 spiro atoms. The van der Waals surface area contributed by atoms with E-state index in [4.69, 9.17) is 5.73 Å². The van der Waals surface area contributed by atoms with Gasteiger partial charge in [0.15, 0.2) is 0 Å². The SMILES string of the molecule is Nc1cccc(C(O)CCN2CCCC2)c1. The number of hydrogen-bond donors (Lipinski definition) is 2. The predicted molar refractivity (Wildman–Crippen MR) is 66.1 cm³/mol. The van der Waals surface area contributed by atoms with Crippen molar-refractivity contribution in [3.63, 3.8) is 0 Å². The third kappa shape index (κ3) is 2.97. The van der Waals surface area contributed by atoms with E-state index in [1.54, 1.807) is 0 Å². The molecule has 1 heterocycles. The van der Waals surface area contributed by atoms with Gasteiger partial charge in [-0.15, -0.1) is 0 Å². The number of nitrogens with zero attached hydrogens (tertiary/aromatic N) is 1. The van der Waals surface area contributed by atoms with E-state index in [1.165, 1.54) is 25.9 Å². The second kappa shape index (κ2) is 5.32. The van der Waals surface area contributed by atoms with Crippen molar-refractivity contribution in [3.05, 3.63) is 29.8 Å². The van der Waals surface area contributed by atoms with Crippen LogP contribution in [0.5, 0.6) is 0 Å². The van der Waals surface area contributed by atoms with E-state index < -0.39 is 0 Å². The molecule has 16 heavy (non-hydrogen) atoms. The maximum atomic E-state index is 10.0. The highest BCUT2D eigenvalue weighted by molar-refractivity contribution is 5.41. The summed E-state index contributed by atoms with van der Waals surface area (Å²) in [7, 11) is 0. The quantitative estimate of drug-likeness (QED) is 0.761. The molecule has 3 heteroatoms. The summed E-state index contributed by atoms with van der Waals surface area (Å²) in [6.45, 7) is 3.35. The lowest BCUT2D eigenvalue weighted by Crippen LogP contribution is -2.22. The van der Waals surface area contributed by atoms with Crippen molar-refractivity contribution in [1.29, 1.82) is 0 Å². The van der Waals surface area contributed by atoms with Crippen LogP contribution >= 0.6 is 0 Å². The number of nitrogen functional groups attached to an aromatic ring is 1. The molecule has 0 radical (unpaired) electrons. The van der Waals surface area contributed by atoms with Crippen molar-refractivity contribution < 1.29 is 5.11 Å². The van der Waals surface area contributed by atoms with Crippen molar-refractivity contribution in [2.75, 3.05) is 25.4 Å². The van der Waals surface area contributed by atoms with Crippen molar-refractivity contribution in [3.8, 4) is 0 Å². The Labute approximate surface area is 96.9 Å². The summed E-state index contributed by atoms with van der Waals surface area (Å²) in [5.74, 6) is 0. The molecule has 1 aromatic rings. The van der Waals surface area contributed by atoms with Crippen LogP contribution in [0.1, 0.15) is 30.9 Å². The Morgan fingerprint density at radius 2 is 2.06 bits per heavy atom. The first kappa shape index (κ1) is 11.4. The van der Waals surface area contributed by atoms with Gasteiger partial charge in [0.05, 0.1) is 6.10 Å². The van der Waals surface area contributed by atoms with Gasteiger partial charge in [-0.1, -0.05) is 12.1 Å². The standard InChI is InChI=1S/C13H20N2O/c14-12-5-3-4-11(10-12)13(16)6-9-15-7-1-2-8-15/h3-5,10,13,16H,1-2,6-9,14H2. The van der Waals surface area contributed by atoms with Crippen LogP contribution in [0.25, 0.3) is 0 Å². The summed E-state index contributed by atoms with van der Waals surface area (Å²) >= 11 is 0. The van der Waals surface area contributed by atoms with Gasteiger partial charge >= 0.3 is 0 Å². The first-order valence-electron chi connectivity index (χ1n) is 6.01. The number of rotatable bonds is 4. The molecule has 0 amide bonds. The van der Waals surface area contributed by atoms with Gasteiger partial charge in [0.2, 0.25) is 0 Å². The number of hydrogen-bond acceptors (Lipinski definition) is 3. The minimum atomic E-state index is -0.385. The molecule has 0 aromatic heterocycles. The molecule has 1 aromatic carbocycles. The van der Waals surface area contributed by atoms with Crippen molar-refractivity contribution in [2.45, 2.75) is 25.4 Å². The van der Waals surface area contributed by atoms with Gasteiger partial charge in [-0.25, -0.2) is 0 Å². The largest absolute Gasteiger partial charge is 0.399 e. The van der Waals surface area contributed by atoms with Gasteiger partial charge in [-0.2, -0.15) is 0 Å². The molecule has 0 bridgehead atoms. The number of nitrogens with two attached hydrogens (primary N) is 1. The number of anilines is 1. The zero-order valence-corrected chi connectivity index (χ0v) is 9.60. The highest BCUT2D eigenvalue weighted by Gasteiger charge is 2.14. The molecule has 1 unspecified atom stereocenters. The normalized spacial score (nSPS) is 18.8. The Bertz CT molecular complexity index is 334. The van der Waals surface area contributed by atoms with Gasteiger partial charge in [0.1, 0.15) is 0 Å². The molecule has 2 rings (SSSR count). The average molecular weight is 220 g/mol. The molecular weight excluding hydrogens is 200 g/mol. The maximum absolute atomic E-state index is 10.0. The predicted octanol–water partition coefficient (Wildman–Crippen LogP) is 1.79. The van der Waals surface area contributed by atoms with E-state index in [0.717, 1.165) is 24.2 Å². The Hall–Kier alpha value is -1.06. The molecule has 1 saturated heterocycles. The van der Waals surface area contributed by atoms with E-state index in [9.17, 15) is 5.11 Å². The highest BCUT2D eigenvalue weighted by atomic mass is 16.3. The molecule has 3 nitrogen and oxygen atoms in total. The third-order valence-corrected chi connectivity index (χ3v) is 3.21. The van der Waals surface area contributed by atoms with Gasteiger partial charge < -0.3 is 15.7 Å². The zero-order valence-electron chi connectivity index (χ0n) is 9.60. The summed E-state index contributed by atoms with van der Waals surface area (Å²) in [5.41, 5.74) is 7.34. The van der Waals surface area contributed by atoms with Crippen molar-refractivity contribution in [1.82, 2.24) is 4.90 Å². The van der Waals surface area contributed by atoms with E-state index in [1.807, 2.05) is 24.3 Å². The smallest absolute Gasteiger partial charge is 0.0803 e. The van der Waals surface area contributed by atoms with Crippen LogP contribution in [0.3, 0.4) is 0 Å². The summed E-state index contributed by atoms with van der Waals surface area (Å²) < 4.78 is 0. The number of aliphatic hydroxyl groups excluding tert-OH is 1. The Morgan fingerprint density at radius 1 is 1.31 bits per heavy atom. The van der Waals surface area contributed by atoms with E-state index in [-0.39, 0.29) is 6.10 Å². The van der Waals surface area contributed by atoms with Gasteiger partial charge in [0.25, 0.3) is 0 Å². The number of aliphatic hydroxyl groups is 1. The second-order valence-electron chi connectivity index (χ2n) is 4.52. The van der Waals surface area contributed by atoms with Crippen molar-refractivity contribution >= 4 is 5.69 Å². The number of benzene rings is 1. The van der Waals surface area contributed by atoms with Gasteiger partial charge in [-0.05, 0) is 50.0 Å². The third-order valence-electron chi connectivity index (χ3n) is 3.21. The van der Waals surface area contributed by atoms with Crippen LogP contribution in [-0.4, -0.2) is 29.6 Å². The Kier molecular flexibility index (Phi) is 3.80. The van der Waals surface area contributed by atoms with Crippen LogP contribution in [0, 0.1) is 0 Å². The van der Waals surface area contributed by atoms with E-state index in [0.29, 0.717) is 0 Å². The van der Waals surface area contributed by atoms with Gasteiger partial charge in [-0.3, -0.25) is 0 Å². The maximum Gasteiger partial charge on any atom is 0.0803 e. The molecular formula is C13H20N2O. The Balaban J connectivity index is 1.85. The molecule has 0 saturated carbocycles. The molecule has 3 N–H and O–H groups in total. The molecule has 88 valence electrons. The second-order valence-corrected chi connectivity index (χ2v) is 4.52. The monoisotopic (exact) mass is 220 g/mol. The van der Waals surface area contributed by atoms with Crippen LogP contribution in [0.4, 0.5) is 5.69 Å². The fourth-order valence-electron chi connectivity index (χ4n) is 2.24. The summed E-state index contributed by atoms with van der Waals surface area (Å²) in [6.07, 6.45) is 3.01. The Morgan fingerprint density at radius 3 is 2.75 bits per heavy atom. The first-order chi connectivity index (χ1) is 7.75. The van der Waals surface area contributed by atoms with Crippen molar-refractivity contribution in [2.24, 2.45) is 0 Å². The minimum absolute atomic E-state index is 0.385. The van der Waals surface area contributed by atoms with Gasteiger partial charge in [0, 0.05) is 12.2 Å². The van der Waals surface area contributed by atoms with E-state index in [2.05, 4.69) is 4.90 Å². The molecule has 1 atom stereocenters. The molecule has 1 aliphatic heterocycles. The molecule has 1 fully saturated rings. The lowest BCUT2D eigenvalue weighted by molar-refractivity contribution is 0.149. The summed E-state index contributed by atoms with van der Waals surface area (Å²) in [5, 5.41) is 10.0. The average Bonchev–Trinajstić information content (AvgIpc) is 2.78. The van der Waals surface area contributed by atoms with Crippen LogP contribution in [-0.2, 0) is 0 Å². The molecule has 1 aliphatic rings. The topological polar surface area (TPSA) is 49.5 Å². The fraction of sp³-hybridized carbons (Fsp3) is 0.538.